The van der Waals surface area contributed by atoms with Crippen molar-refractivity contribution >= 4 is 35.2 Å². The topological polar surface area (TPSA) is 128 Å². The second kappa shape index (κ2) is 12.4. The second-order valence-corrected chi connectivity index (χ2v) is 9.48. The number of phenolic OH excluding ortho intramolecular Hbond substituents is 1. The predicted octanol–water partition coefficient (Wildman–Crippen LogP) is 3.93. The Hall–Kier alpha value is -3.56. The molecule has 0 saturated carbocycles. The minimum absolute atomic E-state index is 0.0266. The van der Waals surface area contributed by atoms with Crippen LogP contribution in [0.5, 0.6) is 5.75 Å². The number of para-hydroxylation sites is 1. The van der Waals surface area contributed by atoms with E-state index < -0.39 is 42.2 Å². The van der Waals surface area contributed by atoms with Crippen LogP contribution in [0.4, 0.5) is 10.5 Å². The van der Waals surface area contributed by atoms with Gasteiger partial charge in [0.15, 0.2) is 0 Å². The standard InChI is InChI=1S/C26H32ClN3O6/c1-6-14-30(24(34)20(15-31)28-25(35)36-26(3,4)5)22(17-10-12-18(32)13-11-17)23(33)29-21-16(2)8-7-9-19(21)27/h6-13,20,22,31-32H,1,14-15H2,2-5H3,(H,28,35)(H,29,33). The lowest BCUT2D eigenvalue weighted by Crippen LogP contribution is -2.53. The largest absolute Gasteiger partial charge is 0.508 e. The SMILES string of the molecule is C=CCN(C(=O)C(CO)NC(=O)OC(C)(C)C)C(C(=O)Nc1c(C)cccc1Cl)c1ccc(O)cc1. The van der Waals surface area contributed by atoms with Crippen molar-refractivity contribution in [2.75, 3.05) is 18.5 Å². The van der Waals surface area contributed by atoms with Crippen LogP contribution in [0.25, 0.3) is 0 Å². The number of halogens is 1. The van der Waals surface area contributed by atoms with Crippen molar-refractivity contribution in [3.63, 3.8) is 0 Å². The summed E-state index contributed by atoms with van der Waals surface area (Å²) in [5.41, 5.74) is 0.639. The van der Waals surface area contributed by atoms with Crippen molar-refractivity contribution in [2.24, 2.45) is 0 Å². The number of aliphatic hydroxyl groups is 1. The molecule has 0 saturated heterocycles. The number of benzene rings is 2. The zero-order valence-electron chi connectivity index (χ0n) is 20.7. The molecule has 0 bridgehead atoms. The quantitative estimate of drug-likeness (QED) is 0.373. The van der Waals surface area contributed by atoms with Gasteiger partial charge < -0.3 is 30.5 Å². The number of phenols is 1. The Balaban J connectivity index is 2.47. The number of nitrogens with zero attached hydrogens (tertiary/aromatic N) is 1. The molecule has 10 heteroatoms. The van der Waals surface area contributed by atoms with E-state index >= 15 is 0 Å². The van der Waals surface area contributed by atoms with Crippen molar-refractivity contribution in [3.8, 4) is 5.75 Å². The molecule has 2 unspecified atom stereocenters. The van der Waals surface area contributed by atoms with Crippen LogP contribution in [-0.2, 0) is 14.3 Å². The van der Waals surface area contributed by atoms with Gasteiger partial charge in [0.25, 0.3) is 5.91 Å². The Morgan fingerprint density at radius 3 is 2.33 bits per heavy atom. The third kappa shape index (κ3) is 7.73. The Bertz CT molecular complexity index is 1080. The van der Waals surface area contributed by atoms with Gasteiger partial charge in [-0.2, -0.15) is 0 Å². The number of ether oxygens (including phenoxy) is 1. The molecule has 2 aromatic carbocycles. The fraction of sp³-hybridized carbons (Fsp3) is 0.346. The maximum absolute atomic E-state index is 13.6. The number of nitrogens with one attached hydrogen (secondary N) is 2. The van der Waals surface area contributed by atoms with Gasteiger partial charge in [0.1, 0.15) is 23.4 Å². The van der Waals surface area contributed by atoms with Crippen molar-refractivity contribution in [2.45, 2.75) is 45.4 Å². The van der Waals surface area contributed by atoms with Gasteiger partial charge in [-0.25, -0.2) is 4.79 Å². The predicted molar refractivity (Wildman–Crippen MR) is 138 cm³/mol. The third-order valence-corrected chi connectivity index (χ3v) is 5.33. The molecule has 0 fully saturated rings. The summed E-state index contributed by atoms with van der Waals surface area (Å²) in [6, 6.07) is 8.29. The number of carbonyl (C=O) groups is 3. The highest BCUT2D eigenvalue weighted by Crippen LogP contribution is 2.30. The van der Waals surface area contributed by atoms with Crippen molar-refractivity contribution in [3.05, 3.63) is 71.3 Å². The molecule has 9 nitrogen and oxygen atoms in total. The molecule has 0 aromatic heterocycles. The Kier molecular flexibility index (Phi) is 9.89. The first-order valence-electron chi connectivity index (χ1n) is 11.2. The molecular weight excluding hydrogens is 486 g/mol. The number of carbonyl (C=O) groups excluding carboxylic acids is 3. The van der Waals surface area contributed by atoms with Gasteiger partial charge >= 0.3 is 6.09 Å². The summed E-state index contributed by atoms with van der Waals surface area (Å²) in [6.45, 7) is 9.61. The number of aromatic hydroxyl groups is 1. The van der Waals surface area contributed by atoms with E-state index in [1.807, 2.05) is 0 Å². The molecular formula is C26H32ClN3O6. The Morgan fingerprint density at radius 2 is 1.81 bits per heavy atom. The smallest absolute Gasteiger partial charge is 0.408 e. The molecule has 4 N–H and O–H groups in total. The molecule has 0 spiro atoms. The fourth-order valence-corrected chi connectivity index (χ4v) is 3.68. The Labute approximate surface area is 215 Å². The van der Waals surface area contributed by atoms with Gasteiger partial charge in [-0.05, 0) is 57.0 Å². The molecule has 0 aliphatic heterocycles. The first kappa shape index (κ1) is 28.7. The van der Waals surface area contributed by atoms with Gasteiger partial charge in [-0.3, -0.25) is 9.59 Å². The van der Waals surface area contributed by atoms with Crippen LogP contribution in [0, 0.1) is 6.92 Å². The van der Waals surface area contributed by atoms with Crippen LogP contribution in [0.1, 0.15) is 37.9 Å². The number of hydrogen-bond donors (Lipinski definition) is 4. The molecule has 2 aromatic rings. The third-order valence-electron chi connectivity index (χ3n) is 5.02. The maximum Gasteiger partial charge on any atom is 0.408 e. The lowest BCUT2D eigenvalue weighted by molar-refractivity contribution is -0.140. The van der Waals surface area contributed by atoms with Crippen molar-refractivity contribution < 1.29 is 29.3 Å². The molecule has 2 rings (SSSR count). The van der Waals surface area contributed by atoms with E-state index in [9.17, 15) is 24.6 Å². The average Bonchev–Trinajstić information content (AvgIpc) is 2.79. The highest BCUT2D eigenvalue weighted by atomic mass is 35.5. The first-order chi connectivity index (χ1) is 16.9. The molecule has 0 aliphatic rings. The Morgan fingerprint density at radius 1 is 1.17 bits per heavy atom. The monoisotopic (exact) mass is 517 g/mol. The lowest BCUT2D eigenvalue weighted by Gasteiger charge is -2.33. The number of amides is 3. The summed E-state index contributed by atoms with van der Waals surface area (Å²) in [7, 11) is 0. The van der Waals surface area contributed by atoms with Crippen LogP contribution in [0.3, 0.4) is 0 Å². The molecule has 0 radical (unpaired) electrons. The number of alkyl carbamates (subject to hydrolysis) is 1. The highest BCUT2D eigenvalue weighted by Gasteiger charge is 2.36. The summed E-state index contributed by atoms with van der Waals surface area (Å²) in [6.07, 6.45) is 0.520. The van der Waals surface area contributed by atoms with Crippen LogP contribution in [0.15, 0.2) is 55.1 Å². The lowest BCUT2D eigenvalue weighted by atomic mass is 10.0. The molecule has 2 atom stereocenters. The van der Waals surface area contributed by atoms with Gasteiger partial charge in [-0.1, -0.05) is 41.9 Å². The van der Waals surface area contributed by atoms with E-state index in [2.05, 4.69) is 17.2 Å². The molecule has 0 aliphatic carbocycles. The number of aryl methyl sites for hydroxylation is 1. The molecule has 3 amide bonds. The fourth-order valence-electron chi connectivity index (χ4n) is 3.41. The van der Waals surface area contributed by atoms with E-state index in [4.69, 9.17) is 16.3 Å². The van der Waals surface area contributed by atoms with Crippen LogP contribution in [-0.4, -0.2) is 57.8 Å². The van der Waals surface area contributed by atoms with Crippen molar-refractivity contribution in [1.82, 2.24) is 10.2 Å². The normalized spacial score (nSPS) is 12.7. The van der Waals surface area contributed by atoms with E-state index in [-0.39, 0.29) is 12.3 Å². The van der Waals surface area contributed by atoms with Crippen LogP contribution < -0.4 is 10.6 Å². The van der Waals surface area contributed by atoms with E-state index in [0.717, 1.165) is 0 Å². The number of rotatable bonds is 9. The number of aliphatic hydroxyl groups excluding tert-OH is 1. The zero-order valence-corrected chi connectivity index (χ0v) is 21.5. The number of anilines is 1. The summed E-state index contributed by atoms with van der Waals surface area (Å²) in [5.74, 6) is -1.37. The van der Waals surface area contributed by atoms with E-state index in [1.54, 1.807) is 45.9 Å². The summed E-state index contributed by atoms with van der Waals surface area (Å²) in [5, 5.41) is 25.1. The minimum atomic E-state index is -1.39. The van der Waals surface area contributed by atoms with Gasteiger partial charge in [-0.15, -0.1) is 6.58 Å². The zero-order chi connectivity index (χ0) is 27.0. The average molecular weight is 518 g/mol. The van der Waals surface area contributed by atoms with Gasteiger partial charge in [0, 0.05) is 6.54 Å². The second-order valence-electron chi connectivity index (χ2n) is 9.08. The van der Waals surface area contributed by atoms with E-state index in [1.165, 1.54) is 35.2 Å². The minimum Gasteiger partial charge on any atom is -0.508 e. The van der Waals surface area contributed by atoms with E-state index in [0.29, 0.717) is 21.8 Å². The molecule has 36 heavy (non-hydrogen) atoms. The highest BCUT2D eigenvalue weighted by molar-refractivity contribution is 6.34. The molecule has 194 valence electrons. The molecule has 0 heterocycles. The summed E-state index contributed by atoms with van der Waals surface area (Å²) >= 11 is 6.29. The van der Waals surface area contributed by atoms with Crippen LogP contribution in [0.2, 0.25) is 5.02 Å². The maximum atomic E-state index is 13.6. The number of hydrogen-bond acceptors (Lipinski definition) is 6. The summed E-state index contributed by atoms with van der Waals surface area (Å²) < 4.78 is 5.20. The summed E-state index contributed by atoms with van der Waals surface area (Å²) in [4.78, 5) is 40.6. The first-order valence-corrected chi connectivity index (χ1v) is 11.6. The van der Waals surface area contributed by atoms with Gasteiger partial charge in [0.2, 0.25) is 5.91 Å². The van der Waals surface area contributed by atoms with Crippen LogP contribution >= 0.6 is 11.6 Å². The van der Waals surface area contributed by atoms with Gasteiger partial charge in [0.05, 0.1) is 17.3 Å². The van der Waals surface area contributed by atoms with Crippen molar-refractivity contribution in [1.29, 1.82) is 0 Å².